The molecule has 114 valence electrons. The van der Waals surface area contributed by atoms with Crippen LogP contribution < -0.4 is 5.32 Å². The molecule has 0 bridgehead atoms. The van der Waals surface area contributed by atoms with Gasteiger partial charge in [-0.05, 0) is 18.7 Å². The lowest BCUT2D eigenvalue weighted by molar-refractivity contribution is 0.231. The van der Waals surface area contributed by atoms with Gasteiger partial charge < -0.3 is 9.84 Å². The fourth-order valence-electron chi connectivity index (χ4n) is 2.04. The summed E-state index contributed by atoms with van der Waals surface area (Å²) in [6.07, 6.45) is 1.83. The molecule has 0 aliphatic carbocycles. The zero-order chi connectivity index (χ0) is 15.1. The van der Waals surface area contributed by atoms with Gasteiger partial charge in [0.1, 0.15) is 0 Å². The number of nitrogens with one attached hydrogen (secondary N) is 1. The van der Waals surface area contributed by atoms with Crippen LogP contribution in [0.2, 0.25) is 0 Å². The molecule has 0 atom stereocenters. The van der Waals surface area contributed by atoms with Gasteiger partial charge in [0.05, 0.1) is 17.9 Å². The molecule has 5 nitrogen and oxygen atoms in total. The summed E-state index contributed by atoms with van der Waals surface area (Å²) in [5, 5.41) is 7.44. The lowest BCUT2D eigenvalue weighted by atomic mass is 10.3. The Labute approximate surface area is 126 Å². The van der Waals surface area contributed by atoms with Gasteiger partial charge in [-0.15, -0.1) is 0 Å². The van der Waals surface area contributed by atoms with E-state index in [-0.39, 0.29) is 0 Å². The molecular formula is C16H24N4O. The number of rotatable bonds is 8. The van der Waals surface area contributed by atoms with Gasteiger partial charge in [0.25, 0.3) is 0 Å². The van der Waals surface area contributed by atoms with E-state index < -0.39 is 0 Å². The minimum atomic E-state index is 0.446. The smallest absolute Gasteiger partial charge is 0.151 e. The Hall–Kier alpha value is -1.72. The summed E-state index contributed by atoms with van der Waals surface area (Å²) in [5.74, 6) is 0.897. The highest BCUT2D eigenvalue weighted by molar-refractivity contribution is 5.07. The normalized spacial score (nSPS) is 11.5. The van der Waals surface area contributed by atoms with Crippen LogP contribution in [-0.2, 0) is 19.6 Å². The third-order valence-electron chi connectivity index (χ3n) is 3.24. The molecule has 0 aromatic carbocycles. The summed E-state index contributed by atoms with van der Waals surface area (Å²) in [4.78, 5) is 6.64. The molecule has 0 radical (unpaired) electrons. The Morgan fingerprint density at radius 3 is 2.76 bits per heavy atom. The molecule has 0 saturated carbocycles. The van der Waals surface area contributed by atoms with E-state index in [0.29, 0.717) is 6.04 Å². The van der Waals surface area contributed by atoms with Crippen molar-refractivity contribution in [3.05, 3.63) is 47.6 Å². The van der Waals surface area contributed by atoms with E-state index in [1.165, 1.54) is 0 Å². The van der Waals surface area contributed by atoms with Crippen molar-refractivity contribution in [1.29, 1.82) is 0 Å². The second kappa shape index (κ2) is 7.90. The summed E-state index contributed by atoms with van der Waals surface area (Å²) in [7, 11) is 0. The Kier molecular flexibility index (Phi) is 5.90. The molecular weight excluding hydrogens is 264 g/mol. The van der Waals surface area contributed by atoms with Crippen molar-refractivity contribution < 1.29 is 4.52 Å². The van der Waals surface area contributed by atoms with Gasteiger partial charge in [0.2, 0.25) is 0 Å². The standard InChI is InChI=1S/C16H24N4O/c1-4-20(11-14-7-5-6-8-17-14)12-16-9-15(19-21-16)10-18-13(2)3/h5-9,13,18H,4,10-12H2,1-3H3. The maximum atomic E-state index is 5.41. The summed E-state index contributed by atoms with van der Waals surface area (Å²) in [5.41, 5.74) is 2.02. The van der Waals surface area contributed by atoms with Crippen molar-refractivity contribution in [3.63, 3.8) is 0 Å². The van der Waals surface area contributed by atoms with E-state index in [4.69, 9.17) is 4.52 Å². The van der Waals surface area contributed by atoms with Crippen LogP contribution in [0.3, 0.4) is 0 Å². The first-order chi connectivity index (χ1) is 10.2. The molecule has 0 fully saturated rings. The third-order valence-corrected chi connectivity index (χ3v) is 3.24. The van der Waals surface area contributed by atoms with Crippen LogP contribution in [0.25, 0.3) is 0 Å². The molecule has 2 aromatic heterocycles. The second-order valence-electron chi connectivity index (χ2n) is 5.44. The number of aromatic nitrogens is 2. The number of nitrogens with zero attached hydrogens (tertiary/aromatic N) is 3. The van der Waals surface area contributed by atoms with Crippen molar-refractivity contribution in [2.24, 2.45) is 0 Å². The Morgan fingerprint density at radius 1 is 1.24 bits per heavy atom. The highest BCUT2D eigenvalue weighted by Gasteiger charge is 2.10. The summed E-state index contributed by atoms with van der Waals surface area (Å²) < 4.78 is 5.41. The predicted molar refractivity (Wildman–Crippen MR) is 82.5 cm³/mol. The van der Waals surface area contributed by atoms with Crippen LogP contribution in [0.4, 0.5) is 0 Å². The van der Waals surface area contributed by atoms with Crippen LogP contribution in [0.15, 0.2) is 35.0 Å². The van der Waals surface area contributed by atoms with Gasteiger partial charge in [-0.2, -0.15) is 0 Å². The van der Waals surface area contributed by atoms with Crippen LogP contribution in [-0.4, -0.2) is 27.6 Å². The quantitative estimate of drug-likeness (QED) is 0.809. The molecule has 2 aromatic rings. The topological polar surface area (TPSA) is 54.2 Å². The van der Waals surface area contributed by atoms with Crippen LogP contribution in [0.5, 0.6) is 0 Å². The van der Waals surface area contributed by atoms with E-state index in [0.717, 1.165) is 43.3 Å². The average molecular weight is 288 g/mol. The SMILES string of the molecule is CCN(Cc1ccccn1)Cc1cc(CNC(C)C)no1. The second-order valence-corrected chi connectivity index (χ2v) is 5.44. The summed E-state index contributed by atoms with van der Waals surface area (Å²) in [6, 6.07) is 8.46. The van der Waals surface area contributed by atoms with Gasteiger partial charge in [-0.1, -0.05) is 32.0 Å². The highest BCUT2D eigenvalue weighted by Crippen LogP contribution is 2.10. The lowest BCUT2D eigenvalue weighted by Gasteiger charge is -2.17. The third kappa shape index (κ3) is 5.28. The number of hydrogen-bond donors (Lipinski definition) is 1. The number of pyridine rings is 1. The fourth-order valence-corrected chi connectivity index (χ4v) is 2.04. The van der Waals surface area contributed by atoms with E-state index in [1.54, 1.807) is 0 Å². The molecule has 2 rings (SSSR count). The molecule has 0 aliphatic heterocycles. The molecule has 0 spiro atoms. The van der Waals surface area contributed by atoms with Crippen molar-refractivity contribution >= 4 is 0 Å². The van der Waals surface area contributed by atoms with Crippen LogP contribution in [0, 0.1) is 0 Å². The van der Waals surface area contributed by atoms with Gasteiger partial charge in [0.15, 0.2) is 5.76 Å². The molecule has 0 unspecified atom stereocenters. The molecule has 0 saturated heterocycles. The van der Waals surface area contributed by atoms with Gasteiger partial charge in [0, 0.05) is 31.4 Å². The van der Waals surface area contributed by atoms with Crippen molar-refractivity contribution in [3.8, 4) is 0 Å². The maximum absolute atomic E-state index is 5.41. The monoisotopic (exact) mass is 288 g/mol. The van der Waals surface area contributed by atoms with Gasteiger partial charge >= 0.3 is 0 Å². The first-order valence-electron chi connectivity index (χ1n) is 7.47. The van der Waals surface area contributed by atoms with E-state index in [9.17, 15) is 0 Å². The van der Waals surface area contributed by atoms with Crippen molar-refractivity contribution in [2.45, 2.75) is 46.4 Å². The molecule has 0 amide bonds. The largest absolute Gasteiger partial charge is 0.360 e. The minimum Gasteiger partial charge on any atom is -0.360 e. The Morgan fingerprint density at radius 2 is 2.10 bits per heavy atom. The number of hydrogen-bond acceptors (Lipinski definition) is 5. The first-order valence-corrected chi connectivity index (χ1v) is 7.47. The van der Waals surface area contributed by atoms with Crippen molar-refractivity contribution in [1.82, 2.24) is 20.4 Å². The van der Waals surface area contributed by atoms with Gasteiger partial charge in [-0.25, -0.2) is 0 Å². The van der Waals surface area contributed by atoms with Crippen LogP contribution >= 0.6 is 0 Å². The zero-order valence-corrected chi connectivity index (χ0v) is 13.0. The molecule has 0 aliphatic rings. The first kappa shape index (κ1) is 15.7. The van der Waals surface area contributed by atoms with Gasteiger partial charge in [-0.3, -0.25) is 9.88 Å². The Balaban J connectivity index is 1.89. The molecule has 5 heteroatoms. The molecule has 21 heavy (non-hydrogen) atoms. The van der Waals surface area contributed by atoms with Crippen LogP contribution in [0.1, 0.15) is 37.9 Å². The van der Waals surface area contributed by atoms with E-state index in [1.807, 2.05) is 30.5 Å². The van der Waals surface area contributed by atoms with Crippen molar-refractivity contribution in [2.75, 3.05) is 6.54 Å². The maximum Gasteiger partial charge on any atom is 0.151 e. The molecule has 2 heterocycles. The predicted octanol–water partition coefficient (Wildman–Crippen LogP) is 2.59. The highest BCUT2D eigenvalue weighted by atomic mass is 16.5. The van der Waals surface area contributed by atoms with E-state index >= 15 is 0 Å². The molecule has 1 N–H and O–H groups in total. The zero-order valence-electron chi connectivity index (χ0n) is 13.0. The average Bonchev–Trinajstić information content (AvgIpc) is 2.93. The Bertz CT molecular complexity index is 524. The fraction of sp³-hybridized carbons (Fsp3) is 0.500. The summed E-state index contributed by atoms with van der Waals surface area (Å²) >= 11 is 0. The lowest BCUT2D eigenvalue weighted by Crippen LogP contribution is -2.23. The minimum absolute atomic E-state index is 0.446. The van der Waals surface area contributed by atoms with E-state index in [2.05, 4.69) is 41.1 Å². The summed E-state index contributed by atoms with van der Waals surface area (Å²) in [6.45, 7) is 9.63.